The first-order valence-corrected chi connectivity index (χ1v) is 6.30. The maximum absolute atomic E-state index is 10.6. The Kier molecular flexibility index (Phi) is 3.06. The molecule has 1 N–H and O–H groups in total. The molecule has 0 unspecified atom stereocenters. The SMILES string of the molecule is Cc1nc(CCC(=O)O)cn1-c1ccc2c(c1)OCO2. The maximum Gasteiger partial charge on any atom is 0.303 e. The van der Waals surface area contributed by atoms with E-state index in [9.17, 15) is 4.79 Å². The van der Waals surface area contributed by atoms with Crippen molar-refractivity contribution < 1.29 is 19.4 Å². The quantitative estimate of drug-likeness (QED) is 0.922. The van der Waals surface area contributed by atoms with E-state index in [0.717, 1.165) is 23.0 Å². The van der Waals surface area contributed by atoms with E-state index in [1.54, 1.807) is 0 Å². The average Bonchev–Trinajstić information content (AvgIpc) is 3.01. The van der Waals surface area contributed by atoms with Gasteiger partial charge in [0.2, 0.25) is 6.79 Å². The van der Waals surface area contributed by atoms with Crippen molar-refractivity contribution in [3.05, 3.63) is 35.9 Å². The molecule has 0 saturated heterocycles. The highest BCUT2D eigenvalue weighted by Gasteiger charge is 2.15. The summed E-state index contributed by atoms with van der Waals surface area (Å²) in [4.78, 5) is 15.0. The van der Waals surface area contributed by atoms with Gasteiger partial charge in [-0.3, -0.25) is 4.79 Å². The van der Waals surface area contributed by atoms with Gasteiger partial charge in [-0.05, 0) is 19.1 Å². The van der Waals surface area contributed by atoms with Gasteiger partial charge < -0.3 is 19.1 Å². The van der Waals surface area contributed by atoms with E-state index >= 15 is 0 Å². The second-order valence-corrected chi connectivity index (χ2v) is 4.58. The normalized spacial score (nSPS) is 12.7. The molecule has 0 spiro atoms. The average molecular weight is 274 g/mol. The summed E-state index contributed by atoms with van der Waals surface area (Å²) in [5.74, 6) is 1.44. The maximum atomic E-state index is 10.6. The Balaban J connectivity index is 1.88. The Morgan fingerprint density at radius 2 is 2.20 bits per heavy atom. The van der Waals surface area contributed by atoms with E-state index in [1.807, 2.05) is 35.9 Å². The van der Waals surface area contributed by atoms with Crippen LogP contribution in [0.1, 0.15) is 17.9 Å². The number of nitrogens with zero attached hydrogens (tertiary/aromatic N) is 2. The fourth-order valence-electron chi connectivity index (χ4n) is 2.18. The summed E-state index contributed by atoms with van der Waals surface area (Å²) in [7, 11) is 0. The zero-order chi connectivity index (χ0) is 14.1. The van der Waals surface area contributed by atoms with Crippen molar-refractivity contribution in [2.45, 2.75) is 19.8 Å². The molecule has 0 aliphatic carbocycles. The third kappa shape index (κ3) is 2.32. The molecule has 0 saturated carbocycles. The van der Waals surface area contributed by atoms with Gasteiger partial charge in [-0.2, -0.15) is 0 Å². The van der Waals surface area contributed by atoms with Crippen LogP contribution in [0.25, 0.3) is 5.69 Å². The molecular weight excluding hydrogens is 260 g/mol. The van der Waals surface area contributed by atoms with Gasteiger partial charge in [0.05, 0.1) is 17.8 Å². The summed E-state index contributed by atoms with van der Waals surface area (Å²) in [6, 6.07) is 5.66. The lowest BCUT2D eigenvalue weighted by Gasteiger charge is -2.05. The molecule has 0 fully saturated rings. The number of imidazole rings is 1. The monoisotopic (exact) mass is 274 g/mol. The van der Waals surface area contributed by atoms with Crippen LogP contribution in [0, 0.1) is 6.92 Å². The molecule has 6 heteroatoms. The summed E-state index contributed by atoms with van der Waals surface area (Å²) in [6.45, 7) is 2.13. The van der Waals surface area contributed by atoms with Gasteiger partial charge in [0.1, 0.15) is 5.82 Å². The van der Waals surface area contributed by atoms with E-state index < -0.39 is 5.97 Å². The highest BCUT2D eigenvalue weighted by molar-refractivity contribution is 5.67. The van der Waals surface area contributed by atoms with Crippen LogP contribution in [0.15, 0.2) is 24.4 Å². The highest BCUT2D eigenvalue weighted by Crippen LogP contribution is 2.33. The van der Waals surface area contributed by atoms with Gasteiger partial charge in [0, 0.05) is 18.7 Å². The fourth-order valence-corrected chi connectivity index (χ4v) is 2.18. The third-order valence-electron chi connectivity index (χ3n) is 3.16. The predicted octanol–water partition coefficient (Wildman–Crippen LogP) is 1.93. The molecule has 1 aromatic carbocycles. The molecule has 3 rings (SSSR count). The Morgan fingerprint density at radius 1 is 1.40 bits per heavy atom. The van der Waals surface area contributed by atoms with E-state index in [4.69, 9.17) is 14.6 Å². The molecule has 104 valence electrons. The van der Waals surface area contributed by atoms with Gasteiger partial charge in [-0.25, -0.2) is 4.98 Å². The van der Waals surface area contributed by atoms with Crippen molar-refractivity contribution in [3.63, 3.8) is 0 Å². The number of fused-ring (bicyclic) bond motifs is 1. The largest absolute Gasteiger partial charge is 0.481 e. The van der Waals surface area contributed by atoms with E-state index in [1.165, 1.54) is 0 Å². The van der Waals surface area contributed by atoms with Gasteiger partial charge in [0.15, 0.2) is 11.5 Å². The second kappa shape index (κ2) is 4.88. The summed E-state index contributed by atoms with van der Waals surface area (Å²) in [5.41, 5.74) is 1.68. The van der Waals surface area contributed by atoms with Crippen LogP contribution in [-0.2, 0) is 11.2 Å². The van der Waals surface area contributed by atoms with Crippen molar-refractivity contribution in [2.75, 3.05) is 6.79 Å². The molecule has 1 aliphatic heterocycles. The number of ether oxygens (including phenoxy) is 2. The number of rotatable bonds is 4. The van der Waals surface area contributed by atoms with Crippen LogP contribution in [0.3, 0.4) is 0 Å². The standard InChI is InChI=1S/C14H14N2O4/c1-9-15-10(2-5-14(17)18)7-16(9)11-3-4-12-13(6-11)20-8-19-12/h3-4,6-7H,2,5,8H2,1H3,(H,17,18). The number of benzene rings is 1. The highest BCUT2D eigenvalue weighted by atomic mass is 16.7. The van der Waals surface area contributed by atoms with Crippen molar-refractivity contribution in [1.82, 2.24) is 9.55 Å². The van der Waals surface area contributed by atoms with Gasteiger partial charge in [-0.1, -0.05) is 0 Å². The minimum Gasteiger partial charge on any atom is -0.481 e. The van der Waals surface area contributed by atoms with Crippen molar-refractivity contribution >= 4 is 5.97 Å². The minimum absolute atomic E-state index is 0.0809. The Hall–Kier alpha value is -2.50. The second-order valence-electron chi connectivity index (χ2n) is 4.58. The van der Waals surface area contributed by atoms with Crippen LogP contribution in [0.2, 0.25) is 0 Å². The summed E-state index contributed by atoms with van der Waals surface area (Å²) in [6.07, 6.45) is 2.36. The van der Waals surface area contributed by atoms with Gasteiger partial charge in [-0.15, -0.1) is 0 Å². The molecule has 6 nitrogen and oxygen atoms in total. The summed E-state index contributed by atoms with van der Waals surface area (Å²) in [5, 5.41) is 8.71. The lowest BCUT2D eigenvalue weighted by atomic mass is 10.2. The van der Waals surface area contributed by atoms with E-state index in [0.29, 0.717) is 12.2 Å². The number of aliphatic carboxylic acids is 1. The van der Waals surface area contributed by atoms with Crippen LogP contribution >= 0.6 is 0 Å². The Morgan fingerprint density at radius 3 is 3.00 bits per heavy atom. The molecule has 0 atom stereocenters. The molecule has 1 aromatic heterocycles. The van der Waals surface area contributed by atoms with Gasteiger partial charge >= 0.3 is 5.97 Å². The number of carbonyl (C=O) groups is 1. The predicted molar refractivity (Wildman–Crippen MR) is 70.4 cm³/mol. The molecule has 20 heavy (non-hydrogen) atoms. The number of carboxylic acids is 1. The third-order valence-corrected chi connectivity index (χ3v) is 3.16. The van der Waals surface area contributed by atoms with Crippen LogP contribution in [0.4, 0.5) is 0 Å². The first kappa shape index (κ1) is 12.5. The molecule has 2 heterocycles. The summed E-state index contributed by atoms with van der Waals surface area (Å²) < 4.78 is 12.5. The number of hydrogen-bond acceptors (Lipinski definition) is 4. The number of hydrogen-bond donors (Lipinski definition) is 1. The molecule has 0 radical (unpaired) electrons. The van der Waals surface area contributed by atoms with Crippen molar-refractivity contribution in [2.24, 2.45) is 0 Å². The summed E-state index contributed by atoms with van der Waals surface area (Å²) >= 11 is 0. The first-order chi connectivity index (χ1) is 9.63. The topological polar surface area (TPSA) is 73.6 Å². The van der Waals surface area contributed by atoms with E-state index in [2.05, 4.69) is 4.98 Å². The zero-order valence-electron chi connectivity index (χ0n) is 11.0. The van der Waals surface area contributed by atoms with Crippen molar-refractivity contribution in [3.8, 4) is 17.2 Å². The Bertz CT molecular complexity index is 663. The number of aryl methyl sites for hydroxylation is 2. The smallest absolute Gasteiger partial charge is 0.303 e. The molecule has 1 aliphatic rings. The van der Waals surface area contributed by atoms with Crippen molar-refractivity contribution in [1.29, 1.82) is 0 Å². The molecule has 0 amide bonds. The minimum atomic E-state index is -0.819. The first-order valence-electron chi connectivity index (χ1n) is 6.30. The Labute approximate surface area is 115 Å². The number of aromatic nitrogens is 2. The lowest BCUT2D eigenvalue weighted by molar-refractivity contribution is -0.136. The zero-order valence-corrected chi connectivity index (χ0v) is 11.0. The molecule has 2 aromatic rings. The van der Waals surface area contributed by atoms with Crippen LogP contribution in [-0.4, -0.2) is 27.4 Å². The fraction of sp³-hybridized carbons (Fsp3) is 0.286. The van der Waals surface area contributed by atoms with E-state index in [-0.39, 0.29) is 13.2 Å². The van der Waals surface area contributed by atoms with Crippen LogP contribution < -0.4 is 9.47 Å². The number of carboxylic acid groups (broad SMARTS) is 1. The molecule has 0 bridgehead atoms. The molecular formula is C14H14N2O4. The van der Waals surface area contributed by atoms with Gasteiger partial charge in [0.25, 0.3) is 0 Å². The lowest BCUT2D eigenvalue weighted by Crippen LogP contribution is -1.97. The van der Waals surface area contributed by atoms with Crippen LogP contribution in [0.5, 0.6) is 11.5 Å².